The van der Waals surface area contributed by atoms with Crippen LogP contribution in [0.2, 0.25) is 0 Å². The van der Waals surface area contributed by atoms with E-state index in [0.717, 1.165) is 27.5 Å². The normalized spacial score (nSPS) is 16.5. The summed E-state index contributed by atoms with van der Waals surface area (Å²) in [6, 6.07) is 26.6. The number of hydrogen-bond acceptors (Lipinski definition) is 4. The number of amides is 2. The average Bonchev–Trinajstić information content (AvgIpc) is 3.62. The molecule has 0 aliphatic carbocycles. The highest BCUT2D eigenvalue weighted by Gasteiger charge is 2.31. The van der Waals surface area contributed by atoms with Crippen LogP contribution >= 0.6 is 0 Å². The zero-order chi connectivity index (χ0) is 31.4. The van der Waals surface area contributed by atoms with Crippen molar-refractivity contribution in [3.8, 4) is 0 Å². The third-order valence-corrected chi connectivity index (χ3v) is 9.85. The molecular formula is C36H34N6O4. The molecule has 4 aromatic carbocycles. The summed E-state index contributed by atoms with van der Waals surface area (Å²) in [5, 5.41) is 1.52. The van der Waals surface area contributed by atoms with Crippen molar-refractivity contribution in [1.29, 1.82) is 0 Å². The summed E-state index contributed by atoms with van der Waals surface area (Å²) in [5.74, 6) is -0.207. The van der Waals surface area contributed by atoms with E-state index in [0.29, 0.717) is 68.4 Å². The lowest BCUT2D eigenvalue weighted by atomic mass is 9.95. The topological polar surface area (TPSA) is 116 Å². The predicted octanol–water partition coefficient (Wildman–Crippen LogP) is 5.08. The second-order valence-electron chi connectivity index (χ2n) is 12.4. The molecule has 0 spiro atoms. The minimum Gasteiger partial charge on any atom is -0.338 e. The first-order valence-corrected chi connectivity index (χ1v) is 16.0. The van der Waals surface area contributed by atoms with Gasteiger partial charge in [-0.2, -0.15) is 0 Å². The Kier molecular flexibility index (Phi) is 6.85. The van der Waals surface area contributed by atoms with E-state index in [1.165, 1.54) is 0 Å². The van der Waals surface area contributed by atoms with E-state index in [1.54, 1.807) is 0 Å². The fourth-order valence-electron chi connectivity index (χ4n) is 7.57. The molecule has 0 radical (unpaired) electrons. The van der Waals surface area contributed by atoms with E-state index in [1.807, 2.05) is 104 Å². The van der Waals surface area contributed by atoms with Crippen LogP contribution < -0.4 is 11.4 Å². The first-order chi connectivity index (χ1) is 22.5. The molecule has 2 N–H and O–H groups in total. The molecule has 2 aliphatic rings. The zero-order valence-corrected chi connectivity index (χ0v) is 25.3. The van der Waals surface area contributed by atoms with Gasteiger partial charge in [-0.25, -0.2) is 9.59 Å². The Morgan fingerprint density at radius 3 is 1.39 bits per heavy atom. The van der Waals surface area contributed by atoms with Crippen molar-refractivity contribution in [3.05, 3.63) is 117 Å². The number of fused-ring (bicyclic) bond motifs is 3. The fourth-order valence-corrected chi connectivity index (χ4v) is 7.57. The van der Waals surface area contributed by atoms with Crippen LogP contribution in [0.3, 0.4) is 0 Å². The second kappa shape index (κ2) is 11.2. The number of rotatable bonds is 4. The van der Waals surface area contributed by atoms with Gasteiger partial charge in [-0.05, 0) is 67.5 Å². The molecule has 0 saturated carbocycles. The number of aromatic amines is 2. The van der Waals surface area contributed by atoms with Gasteiger partial charge in [0.2, 0.25) is 0 Å². The van der Waals surface area contributed by atoms with Crippen LogP contribution in [-0.4, -0.2) is 66.9 Å². The quantitative estimate of drug-likeness (QED) is 0.288. The molecule has 10 nitrogen and oxygen atoms in total. The van der Waals surface area contributed by atoms with Crippen LogP contribution in [0.1, 0.15) is 58.5 Å². The summed E-state index contributed by atoms with van der Waals surface area (Å²) in [5.41, 5.74) is 4.18. The monoisotopic (exact) mass is 614 g/mol. The van der Waals surface area contributed by atoms with Crippen LogP contribution in [0.5, 0.6) is 0 Å². The number of nitrogens with zero attached hydrogens (tertiary/aromatic N) is 4. The largest absolute Gasteiger partial charge is 0.338 e. The molecule has 46 heavy (non-hydrogen) atoms. The van der Waals surface area contributed by atoms with E-state index in [2.05, 4.69) is 9.97 Å². The average molecular weight is 615 g/mol. The first-order valence-electron chi connectivity index (χ1n) is 16.0. The molecule has 4 heterocycles. The number of hydrogen-bond donors (Lipinski definition) is 2. The molecule has 2 amide bonds. The highest BCUT2D eigenvalue weighted by atomic mass is 16.2. The van der Waals surface area contributed by atoms with Gasteiger partial charge < -0.3 is 19.8 Å². The lowest BCUT2D eigenvalue weighted by Crippen LogP contribution is -2.41. The molecule has 2 fully saturated rings. The molecule has 0 bridgehead atoms. The van der Waals surface area contributed by atoms with E-state index in [4.69, 9.17) is 0 Å². The van der Waals surface area contributed by atoms with Crippen molar-refractivity contribution < 1.29 is 9.59 Å². The number of para-hydroxylation sites is 4. The number of carbonyl (C=O) groups is 2. The van der Waals surface area contributed by atoms with Crippen molar-refractivity contribution in [2.45, 2.75) is 37.8 Å². The van der Waals surface area contributed by atoms with Crippen LogP contribution in [0.4, 0.5) is 0 Å². The van der Waals surface area contributed by atoms with Crippen LogP contribution in [0.15, 0.2) is 94.5 Å². The molecule has 6 aromatic rings. The molecule has 8 rings (SSSR count). The molecule has 0 unspecified atom stereocenters. The highest BCUT2D eigenvalue weighted by Crippen LogP contribution is 2.31. The van der Waals surface area contributed by atoms with Gasteiger partial charge in [0.15, 0.2) is 0 Å². The minimum absolute atomic E-state index is 0.000368. The first kappa shape index (κ1) is 28.1. The van der Waals surface area contributed by atoms with Gasteiger partial charge in [0.1, 0.15) is 0 Å². The minimum atomic E-state index is -0.124. The Morgan fingerprint density at radius 1 is 0.543 bits per heavy atom. The van der Waals surface area contributed by atoms with Gasteiger partial charge >= 0.3 is 11.4 Å². The third-order valence-electron chi connectivity index (χ3n) is 9.85. The number of nitrogens with one attached hydrogen (secondary N) is 2. The number of H-pyrrole nitrogens is 2. The molecule has 232 valence electrons. The van der Waals surface area contributed by atoms with Gasteiger partial charge in [-0.15, -0.1) is 0 Å². The summed E-state index contributed by atoms with van der Waals surface area (Å²) >= 11 is 0. The van der Waals surface area contributed by atoms with Crippen LogP contribution in [0.25, 0.3) is 32.8 Å². The van der Waals surface area contributed by atoms with Gasteiger partial charge in [-0.1, -0.05) is 48.5 Å². The SMILES string of the molecule is O=C(c1cccc2cccc(C(=O)N3CCC(n4c(=O)[nH]c5ccccc54)CC3)c12)N1CCC(n2c(=O)[nH]c3ccccc32)CC1. The summed E-state index contributed by atoms with van der Waals surface area (Å²) < 4.78 is 3.65. The number of carbonyl (C=O) groups excluding carboxylic acids is 2. The predicted molar refractivity (Wildman–Crippen MR) is 177 cm³/mol. The number of benzene rings is 4. The van der Waals surface area contributed by atoms with Gasteiger partial charge in [0.05, 0.1) is 22.1 Å². The second-order valence-corrected chi connectivity index (χ2v) is 12.4. The van der Waals surface area contributed by atoms with E-state index >= 15 is 0 Å². The van der Waals surface area contributed by atoms with Gasteiger partial charge in [0.25, 0.3) is 11.8 Å². The van der Waals surface area contributed by atoms with E-state index in [9.17, 15) is 19.2 Å². The Bertz CT molecular complexity index is 2090. The number of aromatic nitrogens is 4. The Morgan fingerprint density at radius 2 is 0.957 bits per heavy atom. The standard InChI is InChI=1S/C36H34N6O4/c43-33(39-19-15-24(16-20-39)41-30-13-3-1-11-28(30)37-35(41)45)26-9-5-7-23-8-6-10-27(32(23)26)34(44)40-21-17-25(18-22-40)42-31-14-4-2-12-29(31)38-36(42)46/h1-14,24-25H,15-22H2,(H,37,45)(H,38,46). The Labute approximate surface area is 263 Å². The van der Waals surface area contributed by atoms with Crippen molar-refractivity contribution in [2.75, 3.05) is 26.2 Å². The molecule has 2 aliphatic heterocycles. The summed E-state index contributed by atoms with van der Waals surface area (Å²) in [6.45, 7) is 2.07. The molecule has 0 atom stereocenters. The summed E-state index contributed by atoms with van der Waals surface area (Å²) in [7, 11) is 0. The molecule has 2 saturated heterocycles. The van der Waals surface area contributed by atoms with Gasteiger partial charge in [-0.3, -0.25) is 18.7 Å². The smallest absolute Gasteiger partial charge is 0.326 e. The molecule has 2 aromatic heterocycles. The van der Waals surface area contributed by atoms with E-state index < -0.39 is 0 Å². The summed E-state index contributed by atoms with van der Waals surface area (Å²) in [4.78, 5) is 63.2. The zero-order valence-electron chi connectivity index (χ0n) is 25.3. The lowest BCUT2D eigenvalue weighted by molar-refractivity contribution is 0.0696. The number of likely N-dealkylation sites (tertiary alicyclic amines) is 2. The van der Waals surface area contributed by atoms with Crippen molar-refractivity contribution in [1.82, 2.24) is 28.9 Å². The van der Waals surface area contributed by atoms with Gasteiger partial charge in [0, 0.05) is 54.8 Å². The van der Waals surface area contributed by atoms with E-state index in [-0.39, 0.29) is 35.3 Å². The number of piperidine rings is 2. The van der Waals surface area contributed by atoms with Crippen molar-refractivity contribution in [3.63, 3.8) is 0 Å². The number of imidazole rings is 2. The Hall–Kier alpha value is -5.38. The fraction of sp³-hybridized carbons (Fsp3) is 0.278. The van der Waals surface area contributed by atoms with Crippen LogP contribution in [-0.2, 0) is 0 Å². The molecule has 10 heteroatoms. The Balaban J connectivity index is 1.02. The van der Waals surface area contributed by atoms with Crippen LogP contribution in [0, 0.1) is 0 Å². The molecular weight excluding hydrogens is 580 g/mol. The summed E-state index contributed by atoms with van der Waals surface area (Å²) in [6.07, 6.45) is 2.66. The maximum absolute atomic E-state index is 14.0. The highest BCUT2D eigenvalue weighted by molar-refractivity contribution is 6.15. The maximum atomic E-state index is 14.0. The lowest BCUT2D eigenvalue weighted by Gasteiger charge is -2.34. The maximum Gasteiger partial charge on any atom is 0.326 e. The van der Waals surface area contributed by atoms with Crippen molar-refractivity contribution >= 4 is 44.7 Å². The third kappa shape index (κ3) is 4.63. The van der Waals surface area contributed by atoms with Crippen molar-refractivity contribution in [2.24, 2.45) is 0 Å².